The Morgan fingerprint density at radius 3 is 3.00 bits per heavy atom. The molecule has 1 aliphatic heterocycles. The Labute approximate surface area is 140 Å². The van der Waals surface area contributed by atoms with Crippen LogP contribution in [0.5, 0.6) is 0 Å². The Hall–Kier alpha value is -1.89. The van der Waals surface area contributed by atoms with E-state index in [-0.39, 0.29) is 5.91 Å². The van der Waals surface area contributed by atoms with E-state index < -0.39 is 0 Å². The molecule has 1 aromatic heterocycles. The average Bonchev–Trinajstić information content (AvgIpc) is 2.98. The van der Waals surface area contributed by atoms with Crippen molar-refractivity contribution < 1.29 is 4.79 Å². The summed E-state index contributed by atoms with van der Waals surface area (Å²) in [4.78, 5) is 14.5. The molecule has 122 valence electrons. The Morgan fingerprint density at radius 2 is 2.17 bits per heavy atom. The van der Waals surface area contributed by atoms with Gasteiger partial charge in [0.25, 0.3) is 0 Å². The van der Waals surface area contributed by atoms with Gasteiger partial charge < -0.3 is 4.90 Å². The van der Waals surface area contributed by atoms with Crippen LogP contribution in [0.2, 0.25) is 0 Å². The maximum atomic E-state index is 12.6. The average molecular weight is 331 g/mol. The number of carbonyl (C=O) groups excluding carboxylic acids is 1. The standard InChI is InChI=1S/C16H21N5OS/c1-12(2)10-21-16(17-18-19-21)23-11-15(22)20-9-5-7-13-6-3-4-8-14(13)20/h3-4,6,8,12H,5,7,9-11H2,1-2H3. The van der Waals surface area contributed by atoms with Gasteiger partial charge in [0, 0.05) is 18.8 Å². The van der Waals surface area contributed by atoms with E-state index in [0.717, 1.165) is 31.6 Å². The molecule has 6 nitrogen and oxygen atoms in total. The molecular formula is C16H21N5OS. The van der Waals surface area contributed by atoms with Crippen LogP contribution in [-0.4, -0.2) is 38.4 Å². The second kappa shape index (κ2) is 7.12. The van der Waals surface area contributed by atoms with Gasteiger partial charge in [-0.25, -0.2) is 4.68 Å². The Bertz CT molecular complexity index is 685. The van der Waals surface area contributed by atoms with E-state index in [2.05, 4.69) is 35.4 Å². The van der Waals surface area contributed by atoms with Crippen molar-refractivity contribution in [3.63, 3.8) is 0 Å². The number of rotatable bonds is 5. The third-order valence-electron chi connectivity index (χ3n) is 3.77. The number of tetrazole rings is 1. The SMILES string of the molecule is CC(C)Cn1nnnc1SCC(=O)N1CCCc2ccccc21. The molecule has 1 amide bonds. The number of fused-ring (bicyclic) bond motifs is 1. The summed E-state index contributed by atoms with van der Waals surface area (Å²) in [5.74, 6) is 0.927. The van der Waals surface area contributed by atoms with E-state index >= 15 is 0 Å². The van der Waals surface area contributed by atoms with Crippen molar-refractivity contribution in [1.82, 2.24) is 20.2 Å². The van der Waals surface area contributed by atoms with Gasteiger partial charge >= 0.3 is 0 Å². The van der Waals surface area contributed by atoms with Gasteiger partial charge in [-0.15, -0.1) is 5.10 Å². The molecule has 0 atom stereocenters. The summed E-state index contributed by atoms with van der Waals surface area (Å²) < 4.78 is 1.77. The monoisotopic (exact) mass is 331 g/mol. The summed E-state index contributed by atoms with van der Waals surface area (Å²) in [6.07, 6.45) is 2.05. The zero-order chi connectivity index (χ0) is 16.2. The molecule has 0 saturated heterocycles. The van der Waals surface area contributed by atoms with Crippen molar-refractivity contribution in [2.45, 2.75) is 38.4 Å². The summed E-state index contributed by atoms with van der Waals surface area (Å²) in [5.41, 5.74) is 2.30. The first-order valence-electron chi connectivity index (χ1n) is 7.92. The fraction of sp³-hybridized carbons (Fsp3) is 0.500. The smallest absolute Gasteiger partial charge is 0.237 e. The van der Waals surface area contributed by atoms with E-state index in [1.807, 2.05) is 23.1 Å². The fourth-order valence-corrected chi connectivity index (χ4v) is 3.52. The number of benzene rings is 1. The Morgan fingerprint density at radius 1 is 1.35 bits per heavy atom. The topological polar surface area (TPSA) is 63.9 Å². The van der Waals surface area contributed by atoms with Gasteiger partial charge in [-0.05, 0) is 40.8 Å². The van der Waals surface area contributed by atoms with Crippen LogP contribution in [0.15, 0.2) is 29.4 Å². The van der Waals surface area contributed by atoms with Gasteiger partial charge in [0.2, 0.25) is 11.1 Å². The second-order valence-electron chi connectivity index (χ2n) is 6.10. The van der Waals surface area contributed by atoms with Crippen LogP contribution in [0.25, 0.3) is 0 Å². The van der Waals surface area contributed by atoms with Crippen molar-refractivity contribution in [2.24, 2.45) is 5.92 Å². The molecular weight excluding hydrogens is 310 g/mol. The van der Waals surface area contributed by atoms with Crippen molar-refractivity contribution in [1.29, 1.82) is 0 Å². The molecule has 0 radical (unpaired) electrons. The summed E-state index contributed by atoms with van der Waals surface area (Å²) in [5, 5.41) is 12.4. The third kappa shape index (κ3) is 3.72. The quantitative estimate of drug-likeness (QED) is 0.787. The second-order valence-corrected chi connectivity index (χ2v) is 7.05. The highest BCUT2D eigenvalue weighted by Crippen LogP contribution is 2.27. The minimum atomic E-state index is 0.112. The van der Waals surface area contributed by atoms with Crippen molar-refractivity contribution >= 4 is 23.4 Å². The van der Waals surface area contributed by atoms with Crippen LogP contribution in [0, 0.1) is 5.92 Å². The van der Waals surface area contributed by atoms with E-state index in [4.69, 9.17) is 0 Å². The molecule has 3 rings (SSSR count). The minimum Gasteiger partial charge on any atom is -0.311 e. The number of aromatic nitrogens is 4. The summed E-state index contributed by atoms with van der Waals surface area (Å²) >= 11 is 1.41. The number of para-hydroxylation sites is 1. The van der Waals surface area contributed by atoms with Crippen LogP contribution in [0.1, 0.15) is 25.8 Å². The number of aryl methyl sites for hydroxylation is 1. The van der Waals surface area contributed by atoms with Crippen molar-refractivity contribution in [2.75, 3.05) is 17.2 Å². The Balaban J connectivity index is 1.66. The lowest BCUT2D eigenvalue weighted by Crippen LogP contribution is -2.36. The normalized spacial score (nSPS) is 14.1. The van der Waals surface area contributed by atoms with E-state index in [1.54, 1.807) is 4.68 Å². The number of nitrogens with zero attached hydrogens (tertiary/aromatic N) is 5. The van der Waals surface area contributed by atoms with Gasteiger partial charge in [0.05, 0.1) is 5.75 Å². The van der Waals surface area contributed by atoms with Gasteiger partial charge in [-0.1, -0.05) is 43.8 Å². The highest BCUT2D eigenvalue weighted by Gasteiger charge is 2.22. The predicted octanol–water partition coefficient (Wildman–Crippen LogP) is 2.40. The van der Waals surface area contributed by atoms with Crippen LogP contribution in [-0.2, 0) is 17.8 Å². The lowest BCUT2D eigenvalue weighted by molar-refractivity contribution is -0.116. The number of hydrogen-bond donors (Lipinski definition) is 0. The van der Waals surface area contributed by atoms with Crippen LogP contribution >= 0.6 is 11.8 Å². The number of anilines is 1. The maximum absolute atomic E-state index is 12.6. The molecule has 0 fully saturated rings. The molecule has 0 unspecified atom stereocenters. The van der Waals surface area contributed by atoms with E-state index in [1.165, 1.54) is 17.3 Å². The van der Waals surface area contributed by atoms with Gasteiger partial charge in [-0.3, -0.25) is 4.79 Å². The molecule has 23 heavy (non-hydrogen) atoms. The van der Waals surface area contributed by atoms with Gasteiger partial charge in [0.15, 0.2) is 0 Å². The zero-order valence-corrected chi connectivity index (χ0v) is 14.3. The first-order chi connectivity index (χ1) is 11.1. The van der Waals surface area contributed by atoms with E-state index in [9.17, 15) is 4.79 Å². The van der Waals surface area contributed by atoms with Crippen LogP contribution in [0.4, 0.5) is 5.69 Å². The predicted molar refractivity (Wildman–Crippen MR) is 90.5 cm³/mol. The Kier molecular flexibility index (Phi) is 4.95. The first-order valence-corrected chi connectivity index (χ1v) is 8.91. The van der Waals surface area contributed by atoms with Gasteiger partial charge in [-0.2, -0.15) is 0 Å². The lowest BCUT2D eigenvalue weighted by atomic mass is 10.0. The largest absolute Gasteiger partial charge is 0.311 e. The maximum Gasteiger partial charge on any atom is 0.237 e. The fourth-order valence-electron chi connectivity index (χ4n) is 2.76. The van der Waals surface area contributed by atoms with Gasteiger partial charge in [0.1, 0.15) is 0 Å². The number of hydrogen-bond acceptors (Lipinski definition) is 5. The van der Waals surface area contributed by atoms with Crippen LogP contribution in [0.3, 0.4) is 0 Å². The minimum absolute atomic E-state index is 0.112. The molecule has 1 aliphatic rings. The van der Waals surface area contributed by atoms with Crippen molar-refractivity contribution in [3.05, 3.63) is 29.8 Å². The van der Waals surface area contributed by atoms with Crippen LogP contribution < -0.4 is 4.90 Å². The molecule has 0 bridgehead atoms. The summed E-state index contributed by atoms with van der Waals surface area (Å²) in [6.45, 7) is 5.78. The van der Waals surface area contributed by atoms with Crippen molar-refractivity contribution in [3.8, 4) is 0 Å². The summed E-state index contributed by atoms with van der Waals surface area (Å²) in [7, 11) is 0. The number of amides is 1. The number of thioether (sulfide) groups is 1. The third-order valence-corrected chi connectivity index (χ3v) is 4.72. The molecule has 2 aromatic rings. The number of carbonyl (C=O) groups is 1. The molecule has 0 aliphatic carbocycles. The molecule has 0 spiro atoms. The highest BCUT2D eigenvalue weighted by atomic mass is 32.2. The molecule has 2 heterocycles. The zero-order valence-electron chi connectivity index (χ0n) is 13.5. The molecule has 0 N–H and O–H groups in total. The molecule has 1 aromatic carbocycles. The summed E-state index contributed by atoms with van der Waals surface area (Å²) in [6, 6.07) is 8.15. The first kappa shape index (κ1) is 16.0. The molecule has 0 saturated carbocycles. The lowest BCUT2D eigenvalue weighted by Gasteiger charge is -2.29. The molecule has 7 heteroatoms. The van der Waals surface area contributed by atoms with E-state index in [0.29, 0.717) is 16.8 Å². The highest BCUT2D eigenvalue weighted by molar-refractivity contribution is 7.99.